The van der Waals surface area contributed by atoms with Gasteiger partial charge in [-0.3, -0.25) is 0 Å². The largest absolute Gasteiger partial charge is 0.373 e. The third-order valence-electron chi connectivity index (χ3n) is 6.92. The zero-order chi connectivity index (χ0) is 23.3. The van der Waals surface area contributed by atoms with Crippen LogP contribution in [-0.4, -0.2) is 37.1 Å². The van der Waals surface area contributed by atoms with Gasteiger partial charge in [0.25, 0.3) is 0 Å². The first-order valence-electron chi connectivity index (χ1n) is 13.8. The number of epoxide rings is 3. The lowest BCUT2D eigenvalue weighted by atomic mass is 10.0. The third kappa shape index (κ3) is 8.80. The summed E-state index contributed by atoms with van der Waals surface area (Å²) in [5.41, 5.74) is 1.42. The molecule has 0 radical (unpaired) electrons. The first-order chi connectivity index (χ1) is 15.9. The van der Waals surface area contributed by atoms with Crippen molar-refractivity contribution < 1.29 is 14.2 Å². The Morgan fingerprint density at radius 2 is 1.25 bits per heavy atom. The van der Waals surface area contributed by atoms with Gasteiger partial charge in [-0.1, -0.05) is 84.7 Å². The van der Waals surface area contributed by atoms with Crippen molar-refractivity contribution in [3.8, 4) is 0 Å². The minimum absolute atomic E-state index is 0.565. The molecule has 3 heteroatoms. The fraction of sp³-hybridized carbons (Fsp3) is 0.793. The predicted octanol–water partition coefficient (Wildman–Crippen LogP) is 7.61. The standard InChI is InChI=1S/C10H12O.C7H10O.C6H10O.3C2H6/c1-2-4-9(5-3-1)6-7-10-8-11-10;1-2-5-3-4(1)6-7(5)8-6;1-2-4-6-5(3-1)7-6;3*1-2/h1-5,10H,6-8H2;4-7H,1-3H2;5-6H,1-4H2;3*1-2H3. The van der Waals surface area contributed by atoms with Crippen LogP contribution in [0.3, 0.4) is 0 Å². The number of fused-ring (bicyclic) bond motifs is 6. The highest BCUT2D eigenvalue weighted by atomic mass is 16.6. The molecule has 184 valence electrons. The van der Waals surface area contributed by atoms with Crippen molar-refractivity contribution >= 4 is 0 Å². The van der Waals surface area contributed by atoms with E-state index in [1.165, 1.54) is 56.9 Å². The van der Waals surface area contributed by atoms with Crippen LogP contribution >= 0.6 is 0 Å². The number of hydrogen-bond donors (Lipinski definition) is 0. The Hall–Kier alpha value is -0.900. The zero-order valence-electron chi connectivity index (χ0n) is 21.7. The fourth-order valence-electron chi connectivity index (χ4n) is 5.13. The van der Waals surface area contributed by atoms with Crippen LogP contribution in [0.25, 0.3) is 0 Å². The maximum Gasteiger partial charge on any atom is 0.0872 e. The molecule has 3 saturated heterocycles. The summed E-state index contributed by atoms with van der Waals surface area (Å²) >= 11 is 0. The van der Waals surface area contributed by atoms with E-state index in [4.69, 9.17) is 14.2 Å². The van der Waals surface area contributed by atoms with Crippen LogP contribution in [-0.2, 0) is 20.6 Å². The molecule has 32 heavy (non-hydrogen) atoms. The molecule has 0 spiro atoms. The quantitative estimate of drug-likeness (QED) is 0.448. The smallest absolute Gasteiger partial charge is 0.0872 e. The van der Waals surface area contributed by atoms with E-state index >= 15 is 0 Å². The molecule has 3 heterocycles. The first kappa shape index (κ1) is 27.3. The van der Waals surface area contributed by atoms with Crippen LogP contribution < -0.4 is 0 Å². The molecule has 7 unspecified atom stereocenters. The maximum absolute atomic E-state index is 5.44. The van der Waals surface area contributed by atoms with Crippen LogP contribution in [0, 0.1) is 11.8 Å². The van der Waals surface area contributed by atoms with Crippen molar-refractivity contribution in [3.05, 3.63) is 35.9 Å². The summed E-state index contributed by atoms with van der Waals surface area (Å²) in [7, 11) is 0. The van der Waals surface area contributed by atoms with Crippen molar-refractivity contribution in [3.63, 3.8) is 0 Å². The number of ether oxygens (including phenoxy) is 3. The summed E-state index contributed by atoms with van der Waals surface area (Å²) in [5, 5.41) is 0. The van der Waals surface area contributed by atoms with Crippen LogP contribution in [0.15, 0.2) is 30.3 Å². The SMILES string of the molecule is C1CC2CC1C1OC21.C1CCC2OC2C1.CC.CC.CC.c1ccc(CCC2CO2)cc1. The van der Waals surface area contributed by atoms with Gasteiger partial charge in [0.2, 0.25) is 0 Å². The normalized spacial score (nSPS) is 35.0. The lowest BCUT2D eigenvalue weighted by Crippen LogP contribution is -2.04. The van der Waals surface area contributed by atoms with Crippen molar-refractivity contribution in [1.29, 1.82) is 0 Å². The van der Waals surface area contributed by atoms with E-state index in [0.29, 0.717) is 18.3 Å². The molecule has 3 aliphatic heterocycles. The molecule has 3 aliphatic carbocycles. The second-order valence-corrected chi connectivity index (χ2v) is 8.88. The summed E-state index contributed by atoms with van der Waals surface area (Å²) < 4.78 is 15.8. The molecule has 0 aromatic heterocycles. The van der Waals surface area contributed by atoms with E-state index in [1.54, 1.807) is 0 Å². The Balaban J connectivity index is 0.000000155. The van der Waals surface area contributed by atoms with E-state index in [0.717, 1.165) is 37.1 Å². The molecule has 2 bridgehead atoms. The lowest BCUT2D eigenvalue weighted by molar-refractivity contribution is 0.264. The molecule has 0 N–H and O–H groups in total. The van der Waals surface area contributed by atoms with Gasteiger partial charge in [0.15, 0.2) is 0 Å². The Bertz CT molecular complexity index is 561. The highest BCUT2D eigenvalue weighted by Gasteiger charge is 2.59. The van der Waals surface area contributed by atoms with Gasteiger partial charge in [0, 0.05) is 0 Å². The first-order valence-corrected chi connectivity index (χ1v) is 13.8. The second kappa shape index (κ2) is 15.1. The summed E-state index contributed by atoms with van der Waals surface area (Å²) in [6.07, 6.45) is 15.7. The van der Waals surface area contributed by atoms with Crippen LogP contribution in [0.2, 0.25) is 0 Å². The Labute approximate surface area is 198 Å². The van der Waals surface area contributed by atoms with Crippen molar-refractivity contribution in [2.45, 2.75) is 130 Å². The number of benzene rings is 1. The fourth-order valence-corrected chi connectivity index (χ4v) is 5.13. The monoisotopic (exact) mass is 446 g/mol. The number of hydrogen-bond acceptors (Lipinski definition) is 3. The van der Waals surface area contributed by atoms with E-state index < -0.39 is 0 Å². The topological polar surface area (TPSA) is 37.6 Å². The molecule has 6 aliphatic rings. The van der Waals surface area contributed by atoms with E-state index in [2.05, 4.69) is 30.3 Å². The van der Waals surface area contributed by atoms with E-state index in [-0.39, 0.29) is 0 Å². The molecule has 1 aromatic rings. The van der Waals surface area contributed by atoms with Gasteiger partial charge in [-0.15, -0.1) is 0 Å². The predicted molar refractivity (Wildman–Crippen MR) is 135 cm³/mol. The van der Waals surface area contributed by atoms with Crippen LogP contribution in [0.1, 0.15) is 98.5 Å². The number of rotatable bonds is 3. The minimum atomic E-state index is 0.565. The van der Waals surface area contributed by atoms with Gasteiger partial charge in [-0.25, -0.2) is 0 Å². The Morgan fingerprint density at radius 3 is 1.66 bits per heavy atom. The molecular formula is C29H50O3. The van der Waals surface area contributed by atoms with Gasteiger partial charge in [0.05, 0.1) is 37.1 Å². The molecule has 3 nitrogen and oxygen atoms in total. The maximum atomic E-state index is 5.44. The highest BCUT2D eigenvalue weighted by Crippen LogP contribution is 2.56. The Morgan fingerprint density at radius 1 is 0.719 bits per heavy atom. The summed E-state index contributed by atoms with van der Waals surface area (Å²) in [4.78, 5) is 0. The van der Waals surface area contributed by atoms with Crippen molar-refractivity contribution in [2.24, 2.45) is 11.8 Å². The van der Waals surface area contributed by atoms with Crippen LogP contribution in [0.4, 0.5) is 0 Å². The molecule has 7 atom stereocenters. The molecule has 3 saturated carbocycles. The second-order valence-electron chi connectivity index (χ2n) is 8.88. The van der Waals surface area contributed by atoms with Gasteiger partial charge in [-0.2, -0.15) is 0 Å². The average molecular weight is 447 g/mol. The van der Waals surface area contributed by atoms with Gasteiger partial charge in [0.1, 0.15) is 0 Å². The van der Waals surface area contributed by atoms with Crippen molar-refractivity contribution in [1.82, 2.24) is 0 Å². The van der Waals surface area contributed by atoms with Crippen LogP contribution in [0.5, 0.6) is 0 Å². The lowest BCUT2D eigenvalue weighted by Gasteiger charge is -2.00. The van der Waals surface area contributed by atoms with Gasteiger partial charge >= 0.3 is 0 Å². The molecule has 1 aromatic carbocycles. The summed E-state index contributed by atoms with van der Waals surface area (Å²) in [6.45, 7) is 13.0. The van der Waals surface area contributed by atoms with Gasteiger partial charge in [-0.05, 0) is 62.3 Å². The van der Waals surface area contributed by atoms with E-state index in [1.807, 2.05) is 41.5 Å². The average Bonchev–Trinajstić information content (AvgIpc) is 3.82. The number of aryl methyl sites for hydroxylation is 1. The third-order valence-corrected chi connectivity index (χ3v) is 6.92. The Kier molecular flexibility index (Phi) is 12.9. The zero-order valence-corrected chi connectivity index (χ0v) is 21.7. The van der Waals surface area contributed by atoms with E-state index in [9.17, 15) is 0 Å². The molecule has 6 fully saturated rings. The minimum Gasteiger partial charge on any atom is -0.373 e. The molecule has 0 amide bonds. The summed E-state index contributed by atoms with van der Waals surface area (Å²) in [6, 6.07) is 10.6. The molecular weight excluding hydrogens is 396 g/mol. The molecule has 7 rings (SSSR count). The van der Waals surface area contributed by atoms with Gasteiger partial charge < -0.3 is 14.2 Å². The van der Waals surface area contributed by atoms with Crippen molar-refractivity contribution in [2.75, 3.05) is 6.61 Å². The highest BCUT2D eigenvalue weighted by molar-refractivity contribution is 5.14. The summed E-state index contributed by atoms with van der Waals surface area (Å²) in [5.74, 6) is 1.98.